The minimum absolute atomic E-state index is 0.217. The van der Waals surface area contributed by atoms with Gasteiger partial charge in [0.25, 0.3) is 5.91 Å². The molecule has 1 saturated heterocycles. The molecule has 1 aliphatic rings. The van der Waals surface area contributed by atoms with Crippen LogP contribution in [0.2, 0.25) is 0 Å². The van der Waals surface area contributed by atoms with E-state index in [4.69, 9.17) is 0 Å². The summed E-state index contributed by atoms with van der Waals surface area (Å²) >= 11 is 0. The van der Waals surface area contributed by atoms with Crippen molar-refractivity contribution in [2.24, 2.45) is 0 Å². The highest BCUT2D eigenvalue weighted by atomic mass is 16.1. The van der Waals surface area contributed by atoms with Gasteiger partial charge in [-0.2, -0.15) is 0 Å². The van der Waals surface area contributed by atoms with Gasteiger partial charge < -0.3 is 15.5 Å². The molecule has 4 aromatic rings. The van der Waals surface area contributed by atoms with E-state index in [-0.39, 0.29) is 5.91 Å². The second-order valence-electron chi connectivity index (χ2n) is 9.71. The van der Waals surface area contributed by atoms with E-state index in [9.17, 15) is 4.79 Å². The second-order valence-corrected chi connectivity index (χ2v) is 9.71. The van der Waals surface area contributed by atoms with E-state index in [0.29, 0.717) is 23.1 Å². The molecule has 1 aliphatic heterocycles. The smallest absolute Gasteiger partial charge is 0.257 e. The summed E-state index contributed by atoms with van der Waals surface area (Å²) in [6, 6.07) is 15.7. The van der Waals surface area contributed by atoms with E-state index < -0.39 is 0 Å². The molecular weight excluding hydrogens is 474 g/mol. The number of nitrogens with one attached hydrogen (secondary N) is 2. The van der Waals surface area contributed by atoms with Gasteiger partial charge >= 0.3 is 0 Å². The van der Waals surface area contributed by atoms with Gasteiger partial charge in [-0.1, -0.05) is 19.1 Å². The number of aryl methyl sites for hydroxylation is 1. The van der Waals surface area contributed by atoms with Crippen molar-refractivity contribution in [2.75, 3.05) is 30.3 Å². The summed E-state index contributed by atoms with van der Waals surface area (Å²) in [5.41, 5.74) is 5.62. The van der Waals surface area contributed by atoms with Gasteiger partial charge in [-0.3, -0.25) is 14.8 Å². The molecule has 8 heteroatoms. The van der Waals surface area contributed by atoms with Crippen LogP contribution in [0.3, 0.4) is 0 Å². The van der Waals surface area contributed by atoms with Crippen LogP contribution in [-0.4, -0.2) is 50.4 Å². The fourth-order valence-corrected chi connectivity index (χ4v) is 4.89. The normalized spacial score (nSPS) is 15.7. The summed E-state index contributed by atoms with van der Waals surface area (Å²) in [6.45, 7) is 7.58. The maximum Gasteiger partial charge on any atom is 0.257 e. The van der Waals surface area contributed by atoms with Crippen LogP contribution in [0.4, 0.5) is 17.3 Å². The average molecular weight is 508 g/mol. The Morgan fingerprint density at radius 2 is 1.95 bits per heavy atom. The Hall–Kier alpha value is -4.17. The highest BCUT2D eigenvalue weighted by Crippen LogP contribution is 2.28. The molecule has 0 saturated carbocycles. The maximum absolute atomic E-state index is 13.0. The number of pyridine rings is 2. The molecule has 38 heavy (non-hydrogen) atoms. The first kappa shape index (κ1) is 25.5. The van der Waals surface area contributed by atoms with Crippen molar-refractivity contribution in [1.29, 1.82) is 0 Å². The number of rotatable bonds is 8. The first-order chi connectivity index (χ1) is 18.6. The summed E-state index contributed by atoms with van der Waals surface area (Å²) in [5, 5.41) is 6.21. The third-order valence-corrected chi connectivity index (χ3v) is 6.89. The largest absolute Gasteiger partial charge is 0.323 e. The molecule has 5 rings (SSSR count). The Morgan fingerprint density at radius 3 is 2.74 bits per heavy atom. The Balaban J connectivity index is 1.25. The summed E-state index contributed by atoms with van der Waals surface area (Å²) in [6.07, 6.45) is 10.4. The van der Waals surface area contributed by atoms with Gasteiger partial charge in [0.2, 0.25) is 5.95 Å². The predicted molar refractivity (Wildman–Crippen MR) is 151 cm³/mol. The Morgan fingerprint density at radius 1 is 1.08 bits per heavy atom. The summed E-state index contributed by atoms with van der Waals surface area (Å²) in [7, 11) is 0. The molecule has 1 fully saturated rings. The van der Waals surface area contributed by atoms with E-state index in [1.165, 1.54) is 31.4 Å². The number of hydrogen-bond acceptors (Lipinski definition) is 7. The first-order valence-electron chi connectivity index (χ1n) is 13.2. The van der Waals surface area contributed by atoms with Crippen molar-refractivity contribution >= 4 is 23.2 Å². The number of carbonyl (C=O) groups is 1. The lowest BCUT2D eigenvalue weighted by atomic mass is 9.90. The lowest BCUT2D eigenvalue weighted by Crippen LogP contribution is -2.34. The van der Waals surface area contributed by atoms with Gasteiger partial charge in [0, 0.05) is 42.6 Å². The highest BCUT2D eigenvalue weighted by Gasteiger charge is 2.20. The van der Waals surface area contributed by atoms with E-state index in [0.717, 1.165) is 35.7 Å². The van der Waals surface area contributed by atoms with Crippen LogP contribution >= 0.6 is 0 Å². The topological polar surface area (TPSA) is 95.9 Å². The van der Waals surface area contributed by atoms with Crippen LogP contribution in [0, 0.1) is 6.92 Å². The SMILES string of the molecule is CCCN1CCCC(c2ccc(NC(=O)c3cnc(C)c(Nc4nccc(-c5cccnc5)n4)c3)cc2)C1. The molecule has 1 unspecified atom stereocenters. The molecule has 1 amide bonds. The third kappa shape index (κ3) is 6.20. The second kappa shape index (κ2) is 11.9. The van der Waals surface area contributed by atoms with Crippen molar-refractivity contribution < 1.29 is 4.79 Å². The minimum Gasteiger partial charge on any atom is -0.323 e. The zero-order chi connectivity index (χ0) is 26.3. The van der Waals surface area contributed by atoms with Crippen LogP contribution < -0.4 is 10.6 Å². The van der Waals surface area contributed by atoms with Gasteiger partial charge in [0.15, 0.2) is 0 Å². The number of hydrogen-bond donors (Lipinski definition) is 2. The zero-order valence-corrected chi connectivity index (χ0v) is 21.9. The van der Waals surface area contributed by atoms with Crippen molar-refractivity contribution in [3.8, 4) is 11.3 Å². The van der Waals surface area contributed by atoms with Gasteiger partial charge in [-0.15, -0.1) is 0 Å². The van der Waals surface area contributed by atoms with Crippen LogP contribution in [0.5, 0.6) is 0 Å². The number of aromatic nitrogens is 4. The Bertz CT molecular complexity index is 1370. The number of amides is 1. The zero-order valence-electron chi connectivity index (χ0n) is 21.9. The number of anilines is 3. The molecule has 4 heterocycles. The molecule has 1 aromatic carbocycles. The van der Waals surface area contributed by atoms with Crippen molar-refractivity contribution in [3.63, 3.8) is 0 Å². The highest BCUT2D eigenvalue weighted by molar-refractivity contribution is 6.04. The lowest BCUT2D eigenvalue weighted by molar-refractivity contribution is 0.102. The van der Waals surface area contributed by atoms with Crippen LogP contribution in [-0.2, 0) is 0 Å². The number of piperidine rings is 1. The number of carbonyl (C=O) groups excluding carboxylic acids is 1. The molecule has 0 bridgehead atoms. The summed E-state index contributed by atoms with van der Waals surface area (Å²) < 4.78 is 0. The average Bonchev–Trinajstić information content (AvgIpc) is 2.95. The molecular formula is C30H33N7O. The molecule has 2 N–H and O–H groups in total. The molecule has 0 spiro atoms. The van der Waals surface area contributed by atoms with Gasteiger partial charge in [0.05, 0.1) is 22.6 Å². The van der Waals surface area contributed by atoms with Crippen molar-refractivity contribution in [1.82, 2.24) is 24.8 Å². The molecule has 0 aliphatic carbocycles. The fraction of sp³-hybridized carbons (Fsp3) is 0.300. The van der Waals surface area contributed by atoms with Crippen LogP contribution in [0.25, 0.3) is 11.3 Å². The van der Waals surface area contributed by atoms with Crippen LogP contribution in [0.1, 0.15) is 53.7 Å². The Labute approximate surface area is 223 Å². The fourth-order valence-electron chi connectivity index (χ4n) is 4.89. The van der Waals surface area contributed by atoms with Gasteiger partial charge in [0.1, 0.15) is 0 Å². The van der Waals surface area contributed by atoms with Crippen molar-refractivity contribution in [2.45, 2.75) is 39.0 Å². The van der Waals surface area contributed by atoms with E-state index >= 15 is 0 Å². The summed E-state index contributed by atoms with van der Waals surface area (Å²) in [5.74, 6) is 0.753. The quantitative estimate of drug-likeness (QED) is 0.310. The van der Waals surface area contributed by atoms with Crippen molar-refractivity contribution in [3.05, 3.63) is 90.1 Å². The number of nitrogens with zero attached hydrogens (tertiary/aromatic N) is 5. The third-order valence-electron chi connectivity index (χ3n) is 6.89. The molecule has 0 radical (unpaired) electrons. The Kier molecular flexibility index (Phi) is 7.99. The van der Waals surface area contributed by atoms with E-state index in [1.807, 2.05) is 37.3 Å². The predicted octanol–water partition coefficient (Wildman–Crippen LogP) is 5.83. The van der Waals surface area contributed by atoms with E-state index in [2.05, 4.69) is 54.5 Å². The standard InChI is InChI=1S/C30H33N7O/c1-3-15-37-16-5-7-24(20-37)22-8-10-26(11-9-22)34-29(38)25-17-28(21(2)33-19-25)36-30-32-14-12-27(35-30)23-6-4-13-31-18-23/h4,6,8-14,17-19,24H,3,5,7,15-16,20H2,1-2H3,(H,34,38)(H,32,35,36). The monoisotopic (exact) mass is 507 g/mol. The number of likely N-dealkylation sites (tertiary alicyclic amines) is 1. The van der Waals surface area contributed by atoms with Gasteiger partial charge in [-0.05, 0) is 87.2 Å². The van der Waals surface area contributed by atoms with Crippen LogP contribution in [0.15, 0.2) is 73.3 Å². The minimum atomic E-state index is -0.217. The molecule has 3 aromatic heterocycles. The first-order valence-corrected chi connectivity index (χ1v) is 13.2. The van der Waals surface area contributed by atoms with E-state index in [1.54, 1.807) is 30.9 Å². The van der Waals surface area contributed by atoms with Gasteiger partial charge in [-0.25, -0.2) is 9.97 Å². The molecule has 8 nitrogen and oxygen atoms in total. The lowest BCUT2D eigenvalue weighted by Gasteiger charge is -2.32. The summed E-state index contributed by atoms with van der Waals surface area (Å²) in [4.78, 5) is 33.1. The maximum atomic E-state index is 13.0. The number of benzene rings is 1. The molecule has 1 atom stereocenters. The molecule has 194 valence electrons.